The number of aromatic nitrogens is 3. The fraction of sp³-hybridized carbons (Fsp3) is 0.812. The van der Waals surface area contributed by atoms with Gasteiger partial charge < -0.3 is 14.6 Å². The highest BCUT2D eigenvalue weighted by Gasteiger charge is 2.33. The van der Waals surface area contributed by atoms with Gasteiger partial charge in [0.15, 0.2) is 5.82 Å². The van der Waals surface area contributed by atoms with E-state index in [-0.39, 0.29) is 12.3 Å². The lowest BCUT2D eigenvalue weighted by Gasteiger charge is -2.32. The van der Waals surface area contributed by atoms with Gasteiger partial charge in [0.05, 0.1) is 18.6 Å². The molecule has 1 N–H and O–H groups in total. The first-order valence-electron chi connectivity index (χ1n) is 8.33. The van der Waals surface area contributed by atoms with Crippen LogP contribution in [0.4, 0.5) is 0 Å². The summed E-state index contributed by atoms with van der Waals surface area (Å²) in [7, 11) is 3.75. The number of aliphatic hydroxyl groups is 1. The van der Waals surface area contributed by atoms with Crippen LogP contribution in [0.2, 0.25) is 0 Å². The molecule has 1 aromatic heterocycles. The Balaban J connectivity index is 1.59. The van der Waals surface area contributed by atoms with Crippen LogP contribution >= 0.6 is 0 Å². The van der Waals surface area contributed by atoms with Gasteiger partial charge in [-0.25, -0.2) is 0 Å². The Bertz CT molecular complexity index is 544. The Labute approximate surface area is 131 Å². The van der Waals surface area contributed by atoms with Crippen LogP contribution in [-0.4, -0.2) is 43.3 Å². The lowest BCUT2D eigenvalue weighted by Crippen LogP contribution is -2.39. The quantitative estimate of drug-likeness (QED) is 0.899. The van der Waals surface area contributed by atoms with Gasteiger partial charge in [-0.2, -0.15) is 0 Å². The molecule has 22 heavy (non-hydrogen) atoms. The van der Waals surface area contributed by atoms with Crippen LogP contribution in [0.1, 0.15) is 68.9 Å². The first-order chi connectivity index (χ1) is 10.5. The summed E-state index contributed by atoms with van der Waals surface area (Å²) in [5.74, 6) is 2.38. The molecule has 0 bridgehead atoms. The maximum absolute atomic E-state index is 12.4. The van der Waals surface area contributed by atoms with E-state index in [1.807, 2.05) is 11.6 Å². The molecule has 0 atom stereocenters. The lowest BCUT2D eigenvalue weighted by atomic mass is 9.82. The molecule has 1 aromatic rings. The zero-order valence-electron chi connectivity index (χ0n) is 13.6. The third-order valence-electron chi connectivity index (χ3n) is 5.01. The Morgan fingerprint density at radius 1 is 1.32 bits per heavy atom. The number of carbonyl (C=O) groups is 1. The topological polar surface area (TPSA) is 71.2 Å². The average molecular weight is 306 g/mol. The monoisotopic (exact) mass is 306 g/mol. The van der Waals surface area contributed by atoms with Crippen molar-refractivity contribution < 1.29 is 9.90 Å². The Morgan fingerprint density at radius 2 is 2.00 bits per heavy atom. The van der Waals surface area contributed by atoms with Crippen LogP contribution < -0.4 is 0 Å². The molecule has 2 aliphatic rings. The molecule has 3 rings (SSSR count). The van der Waals surface area contributed by atoms with Crippen molar-refractivity contribution in [3.63, 3.8) is 0 Å². The van der Waals surface area contributed by atoms with Crippen LogP contribution in [0.5, 0.6) is 0 Å². The van der Waals surface area contributed by atoms with Crippen LogP contribution in [-0.2, 0) is 18.4 Å². The van der Waals surface area contributed by atoms with Crippen molar-refractivity contribution in [2.24, 2.45) is 7.05 Å². The molecule has 1 amide bonds. The van der Waals surface area contributed by atoms with Gasteiger partial charge in [-0.05, 0) is 25.7 Å². The standard InChI is InChI=1S/C16H26N4O2/c1-19(14(21)10-16(22)8-4-3-5-9-16)11-13-17-18-15(20(13)2)12-6-7-12/h12,22H,3-11H2,1-2H3. The molecule has 0 radical (unpaired) electrons. The van der Waals surface area contributed by atoms with E-state index in [1.54, 1.807) is 11.9 Å². The fourth-order valence-corrected chi connectivity index (χ4v) is 3.31. The predicted octanol–water partition coefficient (Wildman–Crippen LogP) is 1.74. The first-order valence-corrected chi connectivity index (χ1v) is 8.33. The number of hydrogen-bond donors (Lipinski definition) is 1. The van der Waals surface area contributed by atoms with Crippen LogP contribution in [0.15, 0.2) is 0 Å². The largest absolute Gasteiger partial charge is 0.389 e. The minimum absolute atomic E-state index is 0.0135. The first kappa shape index (κ1) is 15.5. The summed E-state index contributed by atoms with van der Waals surface area (Å²) in [4.78, 5) is 14.1. The highest BCUT2D eigenvalue weighted by molar-refractivity contribution is 5.76. The van der Waals surface area contributed by atoms with Crippen LogP contribution in [0, 0.1) is 0 Å². The molecule has 2 aliphatic carbocycles. The minimum Gasteiger partial charge on any atom is -0.389 e. The summed E-state index contributed by atoms with van der Waals surface area (Å²) in [6.45, 7) is 0.450. The zero-order valence-corrected chi connectivity index (χ0v) is 13.6. The van der Waals surface area contributed by atoms with E-state index in [1.165, 1.54) is 12.8 Å². The van der Waals surface area contributed by atoms with Gasteiger partial charge in [0.1, 0.15) is 5.82 Å². The Kier molecular flexibility index (Phi) is 4.21. The molecular formula is C16H26N4O2. The molecule has 6 nitrogen and oxygen atoms in total. The Hall–Kier alpha value is -1.43. The Morgan fingerprint density at radius 3 is 2.64 bits per heavy atom. The van der Waals surface area contributed by atoms with Crippen molar-refractivity contribution in [2.45, 2.75) is 69.4 Å². The van der Waals surface area contributed by atoms with Crippen molar-refractivity contribution >= 4 is 5.91 Å². The van der Waals surface area contributed by atoms with Gasteiger partial charge >= 0.3 is 0 Å². The molecule has 0 unspecified atom stereocenters. The van der Waals surface area contributed by atoms with Crippen molar-refractivity contribution in [2.75, 3.05) is 7.05 Å². The number of nitrogens with zero attached hydrogens (tertiary/aromatic N) is 4. The smallest absolute Gasteiger partial charge is 0.225 e. The van der Waals surface area contributed by atoms with Gasteiger partial charge in [0.25, 0.3) is 0 Å². The molecule has 6 heteroatoms. The van der Waals surface area contributed by atoms with E-state index in [0.29, 0.717) is 12.5 Å². The SMILES string of the molecule is CN(Cc1nnc(C2CC2)n1C)C(=O)CC1(O)CCCCC1. The van der Waals surface area contributed by atoms with Crippen LogP contribution in [0.3, 0.4) is 0 Å². The third-order valence-corrected chi connectivity index (χ3v) is 5.01. The summed E-state index contributed by atoms with van der Waals surface area (Å²) < 4.78 is 2.01. The summed E-state index contributed by atoms with van der Waals surface area (Å²) in [6.07, 6.45) is 7.27. The van der Waals surface area contributed by atoms with Crippen LogP contribution in [0.25, 0.3) is 0 Å². The summed E-state index contributed by atoms with van der Waals surface area (Å²) in [5.41, 5.74) is -0.803. The second kappa shape index (κ2) is 5.99. The summed E-state index contributed by atoms with van der Waals surface area (Å²) in [6, 6.07) is 0. The van der Waals surface area contributed by atoms with E-state index in [2.05, 4.69) is 10.2 Å². The number of rotatable bonds is 5. The number of amides is 1. The van der Waals surface area contributed by atoms with Crippen molar-refractivity contribution in [3.8, 4) is 0 Å². The highest BCUT2D eigenvalue weighted by atomic mass is 16.3. The fourth-order valence-electron chi connectivity index (χ4n) is 3.31. The normalized spacial score (nSPS) is 20.9. The molecule has 1 heterocycles. The van der Waals surface area contributed by atoms with E-state index in [0.717, 1.165) is 43.8 Å². The van der Waals surface area contributed by atoms with E-state index in [4.69, 9.17) is 0 Å². The molecule has 0 saturated heterocycles. The molecule has 0 spiro atoms. The highest BCUT2D eigenvalue weighted by Crippen LogP contribution is 2.38. The van der Waals surface area contributed by atoms with E-state index >= 15 is 0 Å². The molecular weight excluding hydrogens is 280 g/mol. The van der Waals surface area contributed by atoms with Crippen molar-refractivity contribution in [1.29, 1.82) is 0 Å². The van der Waals surface area contributed by atoms with Gasteiger partial charge in [-0.15, -0.1) is 10.2 Å². The number of hydrogen-bond acceptors (Lipinski definition) is 4. The van der Waals surface area contributed by atoms with Crippen molar-refractivity contribution in [1.82, 2.24) is 19.7 Å². The third kappa shape index (κ3) is 3.32. The van der Waals surface area contributed by atoms with Gasteiger partial charge in [0, 0.05) is 20.0 Å². The maximum Gasteiger partial charge on any atom is 0.225 e. The lowest BCUT2D eigenvalue weighted by molar-refractivity contribution is -0.137. The predicted molar refractivity (Wildman–Crippen MR) is 82.1 cm³/mol. The van der Waals surface area contributed by atoms with Gasteiger partial charge in [-0.3, -0.25) is 4.79 Å². The summed E-state index contributed by atoms with van der Waals surface area (Å²) in [5, 5.41) is 19.0. The van der Waals surface area contributed by atoms with Gasteiger partial charge in [0.2, 0.25) is 5.91 Å². The second-order valence-electron chi connectivity index (χ2n) is 7.02. The van der Waals surface area contributed by atoms with Gasteiger partial charge in [-0.1, -0.05) is 19.3 Å². The average Bonchev–Trinajstić information content (AvgIpc) is 3.25. The van der Waals surface area contributed by atoms with Crippen molar-refractivity contribution in [3.05, 3.63) is 11.6 Å². The summed E-state index contributed by atoms with van der Waals surface area (Å²) >= 11 is 0. The second-order valence-corrected chi connectivity index (χ2v) is 7.02. The molecule has 122 valence electrons. The molecule has 2 fully saturated rings. The molecule has 0 aliphatic heterocycles. The van der Waals surface area contributed by atoms with E-state index in [9.17, 15) is 9.90 Å². The number of carbonyl (C=O) groups excluding carboxylic acids is 1. The minimum atomic E-state index is -0.803. The maximum atomic E-state index is 12.4. The molecule has 2 saturated carbocycles. The van der Waals surface area contributed by atoms with E-state index < -0.39 is 5.60 Å². The zero-order chi connectivity index (χ0) is 15.7. The molecule has 0 aromatic carbocycles.